The van der Waals surface area contributed by atoms with Crippen LogP contribution in [0.5, 0.6) is 11.5 Å². The summed E-state index contributed by atoms with van der Waals surface area (Å²) in [5, 5.41) is 3.04. The predicted octanol–water partition coefficient (Wildman–Crippen LogP) is 5.05. The molecule has 0 saturated heterocycles. The molecular weight excluding hydrogens is 350 g/mol. The van der Waals surface area contributed by atoms with Crippen molar-refractivity contribution >= 4 is 23.2 Å². The first-order valence-electron chi connectivity index (χ1n) is 9.11. The number of rotatable bonds is 5. The summed E-state index contributed by atoms with van der Waals surface area (Å²) in [6, 6.07) is 21.4. The van der Waals surface area contributed by atoms with Crippen LogP contribution in [0.1, 0.15) is 27.0 Å². The smallest absolute Gasteiger partial charge is 0.259 e. The van der Waals surface area contributed by atoms with Crippen LogP contribution in [-0.4, -0.2) is 20.1 Å². The van der Waals surface area contributed by atoms with Crippen LogP contribution in [0.2, 0.25) is 0 Å². The summed E-state index contributed by atoms with van der Waals surface area (Å²) in [6.45, 7) is 0. The largest absolute Gasteiger partial charge is 0.497 e. The summed E-state index contributed by atoms with van der Waals surface area (Å²) in [5.74, 6) is 0.896. The topological polar surface area (TPSA) is 47.6 Å². The molecule has 1 aliphatic rings. The molecule has 0 radical (unpaired) electrons. The van der Waals surface area contributed by atoms with Gasteiger partial charge in [0.25, 0.3) is 5.91 Å². The standard InChI is InChI=1S/C24H21NO3/c1-27-19-11-12-21(23(15-19)28-2)24(26)25-22-10-6-5-9-20(22)18-13-16-7-3-4-8-17(16)14-18/h3-13,15H,14H2,1-2H3,(H,25,26). The van der Waals surface area contributed by atoms with Crippen molar-refractivity contribution in [1.82, 2.24) is 0 Å². The molecule has 4 nitrogen and oxygen atoms in total. The number of ether oxygens (including phenoxy) is 2. The number of amides is 1. The third-order valence-electron chi connectivity index (χ3n) is 4.94. The zero-order valence-electron chi connectivity index (χ0n) is 15.9. The lowest BCUT2D eigenvalue weighted by molar-refractivity contribution is 0.102. The van der Waals surface area contributed by atoms with Crippen molar-refractivity contribution < 1.29 is 14.3 Å². The zero-order chi connectivity index (χ0) is 19.5. The first-order valence-corrected chi connectivity index (χ1v) is 9.11. The highest BCUT2D eigenvalue weighted by Crippen LogP contribution is 2.35. The van der Waals surface area contributed by atoms with Crippen LogP contribution in [0.15, 0.2) is 66.7 Å². The Morgan fingerprint density at radius 3 is 2.50 bits per heavy atom. The van der Waals surface area contributed by atoms with E-state index in [0.29, 0.717) is 17.1 Å². The van der Waals surface area contributed by atoms with E-state index in [1.807, 2.05) is 30.3 Å². The van der Waals surface area contributed by atoms with E-state index in [0.717, 1.165) is 17.7 Å². The summed E-state index contributed by atoms with van der Waals surface area (Å²) in [7, 11) is 3.12. The maximum Gasteiger partial charge on any atom is 0.259 e. The van der Waals surface area contributed by atoms with Gasteiger partial charge in [-0.3, -0.25) is 4.79 Å². The molecule has 3 aromatic rings. The first-order chi connectivity index (χ1) is 13.7. The van der Waals surface area contributed by atoms with E-state index in [-0.39, 0.29) is 5.91 Å². The quantitative estimate of drug-likeness (QED) is 0.682. The third-order valence-corrected chi connectivity index (χ3v) is 4.94. The van der Waals surface area contributed by atoms with Gasteiger partial charge in [-0.05, 0) is 41.3 Å². The van der Waals surface area contributed by atoms with Gasteiger partial charge in [0.05, 0.1) is 19.8 Å². The van der Waals surface area contributed by atoms with Gasteiger partial charge in [0, 0.05) is 17.3 Å². The average molecular weight is 371 g/mol. The Bertz CT molecular complexity index is 1070. The summed E-state index contributed by atoms with van der Waals surface area (Å²) in [4.78, 5) is 12.9. The molecule has 0 fully saturated rings. The van der Waals surface area contributed by atoms with Gasteiger partial charge >= 0.3 is 0 Å². The minimum atomic E-state index is -0.219. The van der Waals surface area contributed by atoms with Crippen LogP contribution < -0.4 is 14.8 Å². The van der Waals surface area contributed by atoms with E-state index < -0.39 is 0 Å². The van der Waals surface area contributed by atoms with Crippen LogP contribution in [-0.2, 0) is 6.42 Å². The number of hydrogen-bond donors (Lipinski definition) is 1. The number of nitrogens with one attached hydrogen (secondary N) is 1. The Labute approximate surface area is 164 Å². The summed E-state index contributed by atoms with van der Waals surface area (Å²) in [6.07, 6.45) is 3.04. The lowest BCUT2D eigenvalue weighted by atomic mass is 10.0. The van der Waals surface area contributed by atoms with Crippen LogP contribution in [0.4, 0.5) is 5.69 Å². The van der Waals surface area contributed by atoms with Crippen molar-refractivity contribution in [3.05, 3.63) is 89.0 Å². The number of carbonyl (C=O) groups excluding carboxylic acids is 1. The van der Waals surface area contributed by atoms with Gasteiger partial charge in [-0.25, -0.2) is 0 Å². The fourth-order valence-electron chi connectivity index (χ4n) is 3.50. The van der Waals surface area contributed by atoms with Crippen molar-refractivity contribution in [3.8, 4) is 11.5 Å². The van der Waals surface area contributed by atoms with Gasteiger partial charge in [0.2, 0.25) is 0 Å². The van der Waals surface area contributed by atoms with Gasteiger partial charge in [-0.2, -0.15) is 0 Å². The number of allylic oxidation sites excluding steroid dienone is 1. The molecule has 0 saturated carbocycles. The Morgan fingerprint density at radius 2 is 1.71 bits per heavy atom. The average Bonchev–Trinajstić information content (AvgIpc) is 3.17. The molecule has 0 heterocycles. The van der Waals surface area contributed by atoms with Crippen molar-refractivity contribution in [2.75, 3.05) is 19.5 Å². The molecule has 28 heavy (non-hydrogen) atoms. The molecule has 4 rings (SSSR count). The van der Waals surface area contributed by atoms with Crippen LogP contribution in [0.25, 0.3) is 11.6 Å². The molecule has 1 amide bonds. The zero-order valence-corrected chi connectivity index (χ0v) is 15.9. The Balaban J connectivity index is 1.63. The lowest BCUT2D eigenvalue weighted by Gasteiger charge is -2.14. The van der Waals surface area contributed by atoms with E-state index in [2.05, 4.69) is 29.6 Å². The number of anilines is 1. The Hall–Kier alpha value is -3.53. The molecule has 0 atom stereocenters. The Morgan fingerprint density at radius 1 is 0.929 bits per heavy atom. The fourth-order valence-corrected chi connectivity index (χ4v) is 3.50. The highest BCUT2D eigenvalue weighted by atomic mass is 16.5. The minimum Gasteiger partial charge on any atom is -0.497 e. The molecule has 1 aliphatic carbocycles. The lowest BCUT2D eigenvalue weighted by Crippen LogP contribution is -2.14. The molecule has 3 aromatic carbocycles. The number of benzene rings is 3. The van der Waals surface area contributed by atoms with E-state index in [4.69, 9.17) is 9.47 Å². The molecule has 0 bridgehead atoms. The molecular formula is C24H21NO3. The van der Waals surface area contributed by atoms with E-state index in [9.17, 15) is 4.79 Å². The first kappa shape index (κ1) is 17.9. The highest BCUT2D eigenvalue weighted by Gasteiger charge is 2.19. The van der Waals surface area contributed by atoms with Crippen LogP contribution in [0, 0.1) is 0 Å². The second kappa shape index (κ2) is 7.61. The summed E-state index contributed by atoms with van der Waals surface area (Å²) >= 11 is 0. The van der Waals surface area contributed by atoms with Gasteiger partial charge in [0.15, 0.2) is 0 Å². The van der Waals surface area contributed by atoms with Crippen molar-refractivity contribution in [3.63, 3.8) is 0 Å². The van der Waals surface area contributed by atoms with Crippen LogP contribution >= 0.6 is 0 Å². The number of carbonyl (C=O) groups is 1. The molecule has 0 aromatic heterocycles. The van der Waals surface area contributed by atoms with Crippen molar-refractivity contribution in [2.45, 2.75) is 6.42 Å². The van der Waals surface area contributed by atoms with Crippen LogP contribution in [0.3, 0.4) is 0 Å². The summed E-state index contributed by atoms with van der Waals surface area (Å²) < 4.78 is 10.6. The monoisotopic (exact) mass is 371 g/mol. The van der Waals surface area contributed by atoms with Gasteiger partial charge in [-0.1, -0.05) is 48.5 Å². The minimum absolute atomic E-state index is 0.219. The fraction of sp³-hybridized carbons (Fsp3) is 0.125. The molecule has 0 spiro atoms. The maximum atomic E-state index is 12.9. The van der Waals surface area contributed by atoms with Gasteiger partial charge in [-0.15, -0.1) is 0 Å². The third kappa shape index (κ3) is 3.37. The van der Waals surface area contributed by atoms with Gasteiger partial charge in [0.1, 0.15) is 11.5 Å². The SMILES string of the molecule is COc1ccc(C(=O)Nc2ccccc2C2=Cc3ccccc3C2)c(OC)c1. The predicted molar refractivity (Wildman–Crippen MR) is 112 cm³/mol. The molecule has 4 heteroatoms. The summed E-state index contributed by atoms with van der Waals surface area (Å²) in [5.41, 5.74) is 6.00. The maximum absolute atomic E-state index is 12.9. The highest BCUT2D eigenvalue weighted by molar-refractivity contribution is 6.08. The normalized spacial score (nSPS) is 12.1. The van der Waals surface area contributed by atoms with E-state index >= 15 is 0 Å². The van der Waals surface area contributed by atoms with E-state index in [1.54, 1.807) is 32.4 Å². The second-order valence-corrected chi connectivity index (χ2v) is 6.61. The number of methoxy groups -OCH3 is 2. The van der Waals surface area contributed by atoms with Crippen molar-refractivity contribution in [2.24, 2.45) is 0 Å². The Kier molecular flexibility index (Phi) is 4.85. The second-order valence-electron chi connectivity index (χ2n) is 6.61. The van der Waals surface area contributed by atoms with Crippen molar-refractivity contribution in [1.29, 1.82) is 0 Å². The number of para-hydroxylation sites is 1. The molecule has 0 unspecified atom stereocenters. The molecule has 0 aliphatic heterocycles. The molecule has 1 N–H and O–H groups in total. The molecule has 140 valence electrons. The number of hydrogen-bond acceptors (Lipinski definition) is 3. The van der Waals surface area contributed by atoms with E-state index in [1.165, 1.54) is 16.7 Å². The van der Waals surface area contributed by atoms with Gasteiger partial charge < -0.3 is 14.8 Å². The number of fused-ring (bicyclic) bond motifs is 1.